The van der Waals surface area contributed by atoms with Gasteiger partial charge in [0.2, 0.25) is 0 Å². The maximum Gasteiger partial charge on any atom is 0.156 e. The predicted octanol–water partition coefficient (Wildman–Crippen LogP) is 2.90. The maximum absolute atomic E-state index is 9.73. The Balaban J connectivity index is 2.42. The van der Waals surface area contributed by atoms with Crippen molar-refractivity contribution in [1.82, 2.24) is 5.32 Å². The highest BCUT2D eigenvalue weighted by molar-refractivity contribution is 6.37. The van der Waals surface area contributed by atoms with Gasteiger partial charge in [0.1, 0.15) is 12.7 Å². The third kappa shape index (κ3) is 4.86. The molecule has 0 heterocycles. The van der Waals surface area contributed by atoms with Gasteiger partial charge in [0.25, 0.3) is 0 Å². The minimum Gasteiger partial charge on any atom is -0.488 e. The number of nitrogens with one attached hydrogen (secondary N) is 1. The molecule has 0 aliphatic heterocycles. The highest BCUT2D eigenvalue weighted by Crippen LogP contribution is 2.32. The normalized spacial score (nSPS) is 14.0. The van der Waals surface area contributed by atoms with Gasteiger partial charge >= 0.3 is 0 Å². The number of para-hydroxylation sites is 1. The Morgan fingerprint density at radius 3 is 2.61 bits per heavy atom. The number of aliphatic hydroxyl groups is 1. The summed E-state index contributed by atoms with van der Waals surface area (Å²) in [7, 11) is 0. The van der Waals surface area contributed by atoms with Crippen LogP contribution in [0.1, 0.15) is 6.92 Å². The molecule has 0 aliphatic carbocycles. The molecule has 5 heteroatoms. The van der Waals surface area contributed by atoms with Gasteiger partial charge in [0.05, 0.1) is 10.0 Å². The van der Waals surface area contributed by atoms with E-state index in [-0.39, 0.29) is 12.6 Å². The van der Waals surface area contributed by atoms with Gasteiger partial charge in [-0.15, -0.1) is 6.58 Å². The molecule has 0 spiro atoms. The second-order valence-electron chi connectivity index (χ2n) is 3.95. The summed E-state index contributed by atoms with van der Waals surface area (Å²) in [5, 5.41) is 13.7. The number of hydrogen-bond acceptors (Lipinski definition) is 3. The zero-order valence-electron chi connectivity index (χ0n) is 10.2. The zero-order chi connectivity index (χ0) is 13.5. The minimum absolute atomic E-state index is 0.125. The minimum atomic E-state index is -0.639. The SMILES string of the molecule is C=CC(C)NCC(O)COc1c(Cl)cccc1Cl. The van der Waals surface area contributed by atoms with E-state index in [0.717, 1.165) is 0 Å². The van der Waals surface area contributed by atoms with Gasteiger partial charge in [0.15, 0.2) is 5.75 Å². The highest BCUT2D eigenvalue weighted by atomic mass is 35.5. The topological polar surface area (TPSA) is 41.5 Å². The van der Waals surface area contributed by atoms with Crippen LogP contribution in [0.15, 0.2) is 30.9 Å². The number of hydrogen-bond donors (Lipinski definition) is 2. The number of aliphatic hydroxyl groups excluding tert-OH is 1. The van der Waals surface area contributed by atoms with Crippen LogP contribution in [0.5, 0.6) is 5.75 Å². The number of ether oxygens (including phenoxy) is 1. The van der Waals surface area contributed by atoms with Crippen molar-refractivity contribution in [2.75, 3.05) is 13.2 Å². The van der Waals surface area contributed by atoms with Crippen LogP contribution in [-0.2, 0) is 0 Å². The smallest absolute Gasteiger partial charge is 0.156 e. The van der Waals surface area contributed by atoms with Gasteiger partial charge in [-0.3, -0.25) is 0 Å². The zero-order valence-corrected chi connectivity index (χ0v) is 11.7. The largest absolute Gasteiger partial charge is 0.488 e. The van der Waals surface area contributed by atoms with Crippen LogP contribution in [-0.4, -0.2) is 30.4 Å². The van der Waals surface area contributed by atoms with Crippen LogP contribution in [0.4, 0.5) is 0 Å². The summed E-state index contributed by atoms with van der Waals surface area (Å²) in [6.45, 7) is 6.13. The van der Waals surface area contributed by atoms with E-state index in [1.54, 1.807) is 24.3 Å². The maximum atomic E-state index is 9.73. The van der Waals surface area contributed by atoms with Gasteiger partial charge in [-0.25, -0.2) is 0 Å². The van der Waals surface area contributed by atoms with E-state index in [4.69, 9.17) is 27.9 Å². The fourth-order valence-corrected chi connectivity index (χ4v) is 1.77. The lowest BCUT2D eigenvalue weighted by Gasteiger charge is -2.16. The predicted molar refractivity (Wildman–Crippen MR) is 75.6 cm³/mol. The summed E-state index contributed by atoms with van der Waals surface area (Å²) in [5.41, 5.74) is 0. The van der Waals surface area contributed by atoms with Gasteiger partial charge < -0.3 is 15.2 Å². The van der Waals surface area contributed by atoms with E-state index in [2.05, 4.69) is 11.9 Å². The van der Waals surface area contributed by atoms with Crippen molar-refractivity contribution >= 4 is 23.2 Å². The van der Waals surface area contributed by atoms with Crippen LogP contribution < -0.4 is 10.1 Å². The molecule has 0 aliphatic rings. The molecule has 3 nitrogen and oxygen atoms in total. The highest BCUT2D eigenvalue weighted by Gasteiger charge is 2.10. The molecule has 2 atom stereocenters. The van der Waals surface area contributed by atoms with Crippen molar-refractivity contribution in [3.8, 4) is 5.75 Å². The Bertz CT molecular complexity index is 378. The van der Waals surface area contributed by atoms with E-state index >= 15 is 0 Å². The molecule has 1 aromatic carbocycles. The molecule has 2 N–H and O–H groups in total. The molecule has 18 heavy (non-hydrogen) atoms. The summed E-state index contributed by atoms with van der Waals surface area (Å²) >= 11 is 11.9. The van der Waals surface area contributed by atoms with Gasteiger partial charge in [-0.05, 0) is 19.1 Å². The van der Waals surface area contributed by atoms with Crippen LogP contribution >= 0.6 is 23.2 Å². The first kappa shape index (κ1) is 15.3. The van der Waals surface area contributed by atoms with Crippen molar-refractivity contribution in [3.63, 3.8) is 0 Å². The fourth-order valence-electron chi connectivity index (χ4n) is 1.26. The third-order valence-electron chi connectivity index (χ3n) is 2.37. The van der Waals surface area contributed by atoms with Crippen molar-refractivity contribution in [1.29, 1.82) is 0 Å². The quantitative estimate of drug-likeness (QED) is 0.759. The number of benzene rings is 1. The molecule has 1 rings (SSSR count). The van der Waals surface area contributed by atoms with Gasteiger partial charge in [-0.2, -0.15) is 0 Å². The van der Waals surface area contributed by atoms with Crippen LogP contribution in [0.3, 0.4) is 0 Å². The number of rotatable bonds is 7. The second kappa shape index (κ2) is 7.64. The summed E-state index contributed by atoms with van der Waals surface area (Å²) in [5.74, 6) is 0.400. The lowest BCUT2D eigenvalue weighted by molar-refractivity contribution is 0.105. The standard InChI is InChI=1S/C13H17Cl2NO2/c1-3-9(2)16-7-10(17)8-18-13-11(14)5-4-6-12(13)15/h3-6,9-10,16-17H,1,7-8H2,2H3. The Kier molecular flexibility index (Phi) is 6.50. The average molecular weight is 290 g/mol. The van der Waals surface area contributed by atoms with Crippen LogP contribution in [0, 0.1) is 0 Å². The van der Waals surface area contributed by atoms with E-state index in [1.807, 2.05) is 6.92 Å². The molecule has 0 saturated carbocycles. The lowest BCUT2D eigenvalue weighted by Crippen LogP contribution is -2.35. The average Bonchev–Trinajstić information content (AvgIpc) is 2.35. The molecular weight excluding hydrogens is 273 g/mol. The van der Waals surface area contributed by atoms with Crippen molar-refractivity contribution in [2.45, 2.75) is 19.1 Å². The first-order valence-corrected chi connectivity index (χ1v) is 6.41. The summed E-state index contributed by atoms with van der Waals surface area (Å²) < 4.78 is 5.42. The van der Waals surface area contributed by atoms with Crippen molar-refractivity contribution < 1.29 is 9.84 Å². The van der Waals surface area contributed by atoms with Crippen molar-refractivity contribution in [3.05, 3.63) is 40.9 Å². The second-order valence-corrected chi connectivity index (χ2v) is 4.76. The summed E-state index contributed by atoms with van der Waals surface area (Å²) in [6.07, 6.45) is 1.12. The van der Waals surface area contributed by atoms with Gasteiger partial charge in [0, 0.05) is 12.6 Å². The first-order valence-electron chi connectivity index (χ1n) is 5.65. The molecule has 0 aromatic heterocycles. The molecule has 0 amide bonds. The molecular formula is C13H17Cl2NO2. The van der Waals surface area contributed by atoms with E-state index < -0.39 is 6.10 Å². The molecule has 0 fully saturated rings. The molecule has 0 bridgehead atoms. The van der Waals surface area contributed by atoms with Gasteiger partial charge in [-0.1, -0.05) is 35.3 Å². The first-order chi connectivity index (χ1) is 8.54. The monoisotopic (exact) mass is 289 g/mol. The summed E-state index contributed by atoms with van der Waals surface area (Å²) in [4.78, 5) is 0. The van der Waals surface area contributed by atoms with E-state index in [0.29, 0.717) is 22.3 Å². The van der Waals surface area contributed by atoms with Crippen LogP contribution in [0.25, 0.3) is 0 Å². The van der Waals surface area contributed by atoms with E-state index in [9.17, 15) is 5.11 Å². The Labute approximate surface area is 117 Å². The van der Waals surface area contributed by atoms with Crippen molar-refractivity contribution in [2.24, 2.45) is 0 Å². The fraction of sp³-hybridized carbons (Fsp3) is 0.385. The Hall–Kier alpha value is -0.740. The molecule has 0 radical (unpaired) electrons. The lowest BCUT2D eigenvalue weighted by atomic mass is 10.3. The molecule has 1 aromatic rings. The van der Waals surface area contributed by atoms with E-state index in [1.165, 1.54) is 0 Å². The molecule has 100 valence electrons. The Morgan fingerprint density at radius 1 is 1.44 bits per heavy atom. The summed E-state index contributed by atoms with van der Waals surface area (Å²) in [6, 6.07) is 5.25. The third-order valence-corrected chi connectivity index (χ3v) is 2.96. The Morgan fingerprint density at radius 2 is 2.06 bits per heavy atom. The number of halogens is 2. The molecule has 0 saturated heterocycles. The van der Waals surface area contributed by atoms with Crippen LogP contribution in [0.2, 0.25) is 10.0 Å². The molecule has 2 unspecified atom stereocenters.